The Morgan fingerprint density at radius 1 is 1.29 bits per heavy atom. The van der Waals surface area contributed by atoms with E-state index in [1.807, 2.05) is 19.9 Å². The van der Waals surface area contributed by atoms with Crippen LogP contribution in [0.4, 0.5) is 5.69 Å². The van der Waals surface area contributed by atoms with Crippen molar-refractivity contribution in [1.29, 1.82) is 0 Å². The predicted octanol–water partition coefficient (Wildman–Crippen LogP) is 4.38. The summed E-state index contributed by atoms with van der Waals surface area (Å²) in [7, 11) is 0. The minimum absolute atomic E-state index is 0.0446. The minimum Gasteiger partial charge on any atom is -0.490 e. The molecule has 1 amide bonds. The van der Waals surface area contributed by atoms with Crippen LogP contribution in [0.25, 0.3) is 0 Å². The Morgan fingerprint density at radius 2 is 1.96 bits per heavy atom. The molecule has 9 heteroatoms. The smallest absolute Gasteiger partial charge is 0.269 e. The van der Waals surface area contributed by atoms with E-state index in [0.717, 1.165) is 4.47 Å². The molecule has 0 bridgehead atoms. The summed E-state index contributed by atoms with van der Waals surface area (Å²) in [5, 5.41) is 16.4. The molecule has 1 unspecified atom stereocenters. The van der Waals surface area contributed by atoms with Gasteiger partial charge in [0.15, 0.2) is 0 Å². The summed E-state index contributed by atoms with van der Waals surface area (Å²) in [6, 6.07) is 11.2. The van der Waals surface area contributed by atoms with Crippen LogP contribution in [0.5, 0.6) is 5.75 Å². The Balaban J connectivity index is 1.97. The van der Waals surface area contributed by atoms with Gasteiger partial charge < -0.3 is 9.47 Å². The van der Waals surface area contributed by atoms with E-state index in [1.54, 1.807) is 24.3 Å². The fourth-order valence-electron chi connectivity index (χ4n) is 2.68. The standard InChI is InChI=1S/C19H18BrN3O5/c1-11(2)27-17-9-6-14(20)10-16(17)18-21-22(12(3)24)19(28-18)13-4-7-15(8-5-13)23(25)26/h4-11,19H,1-3H3. The maximum absolute atomic E-state index is 12.1. The molecule has 1 aliphatic rings. The van der Waals surface area contributed by atoms with E-state index in [-0.39, 0.29) is 23.6 Å². The van der Waals surface area contributed by atoms with Crippen molar-refractivity contribution in [2.75, 3.05) is 0 Å². The molecule has 0 aliphatic carbocycles. The molecule has 2 aromatic rings. The predicted molar refractivity (Wildman–Crippen MR) is 106 cm³/mol. The first kappa shape index (κ1) is 19.8. The van der Waals surface area contributed by atoms with E-state index in [2.05, 4.69) is 21.0 Å². The molecule has 1 aliphatic heterocycles. The number of hydrogen-bond donors (Lipinski definition) is 0. The van der Waals surface area contributed by atoms with Crippen LogP contribution in [0.2, 0.25) is 0 Å². The molecule has 2 aromatic carbocycles. The van der Waals surface area contributed by atoms with Gasteiger partial charge >= 0.3 is 0 Å². The number of hydrogen-bond acceptors (Lipinski definition) is 6. The van der Waals surface area contributed by atoms with Crippen LogP contribution in [0.3, 0.4) is 0 Å². The fraction of sp³-hybridized carbons (Fsp3) is 0.263. The summed E-state index contributed by atoms with van der Waals surface area (Å²) >= 11 is 3.42. The van der Waals surface area contributed by atoms with Gasteiger partial charge in [-0.05, 0) is 44.2 Å². The van der Waals surface area contributed by atoms with Crippen LogP contribution in [0.1, 0.15) is 38.1 Å². The summed E-state index contributed by atoms with van der Waals surface area (Å²) in [4.78, 5) is 22.5. The second-order valence-electron chi connectivity index (χ2n) is 6.39. The normalized spacial score (nSPS) is 16.0. The van der Waals surface area contributed by atoms with Crippen molar-refractivity contribution in [2.24, 2.45) is 5.10 Å². The number of nitro benzene ring substituents is 1. The van der Waals surface area contributed by atoms with Gasteiger partial charge in [0.25, 0.3) is 5.69 Å². The van der Waals surface area contributed by atoms with Crippen molar-refractivity contribution >= 4 is 33.4 Å². The van der Waals surface area contributed by atoms with Crippen molar-refractivity contribution in [3.63, 3.8) is 0 Å². The van der Waals surface area contributed by atoms with Gasteiger partial charge in [0.05, 0.1) is 16.6 Å². The van der Waals surface area contributed by atoms with Gasteiger partial charge in [0.1, 0.15) is 5.75 Å². The second kappa shape index (κ2) is 7.97. The average Bonchev–Trinajstić information content (AvgIpc) is 3.08. The molecule has 1 atom stereocenters. The van der Waals surface area contributed by atoms with Crippen LogP contribution in [-0.2, 0) is 9.53 Å². The molecule has 3 rings (SSSR count). The molecule has 146 valence electrons. The van der Waals surface area contributed by atoms with Crippen molar-refractivity contribution in [1.82, 2.24) is 5.01 Å². The molecular formula is C19H18BrN3O5. The largest absolute Gasteiger partial charge is 0.490 e. The number of non-ortho nitro benzene ring substituents is 1. The van der Waals surface area contributed by atoms with Crippen molar-refractivity contribution in [2.45, 2.75) is 33.1 Å². The number of hydrazone groups is 1. The highest BCUT2D eigenvalue weighted by molar-refractivity contribution is 9.10. The van der Waals surface area contributed by atoms with Gasteiger partial charge in [0, 0.05) is 29.1 Å². The zero-order valence-electron chi connectivity index (χ0n) is 15.5. The number of amides is 1. The Hall–Kier alpha value is -2.94. The molecule has 8 nitrogen and oxygen atoms in total. The van der Waals surface area contributed by atoms with Crippen molar-refractivity contribution in [3.8, 4) is 5.75 Å². The van der Waals surface area contributed by atoms with E-state index >= 15 is 0 Å². The summed E-state index contributed by atoms with van der Waals surface area (Å²) in [6.07, 6.45) is -0.879. The lowest BCUT2D eigenvalue weighted by Gasteiger charge is -2.19. The SMILES string of the molecule is CC(=O)N1N=C(c2cc(Br)ccc2OC(C)C)OC1c1ccc([N+](=O)[O-])cc1. The lowest BCUT2D eigenvalue weighted by Crippen LogP contribution is -2.25. The number of nitrogens with zero attached hydrogens (tertiary/aromatic N) is 3. The van der Waals surface area contributed by atoms with Crippen LogP contribution in [-0.4, -0.2) is 27.8 Å². The van der Waals surface area contributed by atoms with Gasteiger partial charge in [0.2, 0.25) is 18.0 Å². The molecule has 0 saturated carbocycles. The maximum atomic E-state index is 12.1. The zero-order chi connectivity index (χ0) is 20.4. The molecule has 0 fully saturated rings. The first-order valence-electron chi connectivity index (χ1n) is 8.52. The van der Waals surface area contributed by atoms with Crippen LogP contribution >= 0.6 is 15.9 Å². The number of halogens is 1. The lowest BCUT2D eigenvalue weighted by molar-refractivity contribution is -0.384. The van der Waals surface area contributed by atoms with Gasteiger partial charge in [-0.3, -0.25) is 14.9 Å². The fourth-order valence-corrected chi connectivity index (χ4v) is 3.04. The lowest BCUT2D eigenvalue weighted by atomic mass is 10.1. The highest BCUT2D eigenvalue weighted by Gasteiger charge is 2.34. The molecule has 0 aromatic heterocycles. The number of rotatable bonds is 5. The maximum Gasteiger partial charge on any atom is 0.269 e. The van der Waals surface area contributed by atoms with Crippen LogP contribution in [0.15, 0.2) is 52.0 Å². The monoisotopic (exact) mass is 447 g/mol. The molecule has 0 spiro atoms. The molecule has 0 N–H and O–H groups in total. The first-order chi connectivity index (χ1) is 13.3. The van der Waals surface area contributed by atoms with E-state index in [0.29, 0.717) is 16.9 Å². The topological polar surface area (TPSA) is 94.3 Å². The summed E-state index contributed by atoms with van der Waals surface area (Å²) in [5.41, 5.74) is 1.12. The minimum atomic E-state index is -0.820. The van der Waals surface area contributed by atoms with Crippen molar-refractivity contribution in [3.05, 3.63) is 68.2 Å². The molecular weight excluding hydrogens is 430 g/mol. The third kappa shape index (κ3) is 4.14. The Bertz CT molecular complexity index is 943. The number of nitro groups is 1. The molecule has 28 heavy (non-hydrogen) atoms. The van der Waals surface area contributed by atoms with Gasteiger partial charge in [-0.25, -0.2) is 0 Å². The summed E-state index contributed by atoms with van der Waals surface area (Å²) in [6.45, 7) is 5.19. The summed E-state index contributed by atoms with van der Waals surface area (Å²) in [5.74, 6) is 0.486. The van der Waals surface area contributed by atoms with Gasteiger partial charge in [-0.1, -0.05) is 15.9 Å². The average molecular weight is 448 g/mol. The summed E-state index contributed by atoms with van der Waals surface area (Å²) < 4.78 is 12.6. The van der Waals surface area contributed by atoms with Crippen LogP contribution < -0.4 is 4.74 Å². The van der Waals surface area contributed by atoms with Crippen molar-refractivity contribution < 1.29 is 19.2 Å². The van der Waals surface area contributed by atoms with E-state index < -0.39 is 11.2 Å². The van der Waals surface area contributed by atoms with E-state index in [9.17, 15) is 14.9 Å². The van der Waals surface area contributed by atoms with Gasteiger partial charge in [-0.15, -0.1) is 5.10 Å². The molecule has 0 radical (unpaired) electrons. The number of benzene rings is 2. The van der Waals surface area contributed by atoms with E-state index in [4.69, 9.17) is 9.47 Å². The zero-order valence-corrected chi connectivity index (χ0v) is 17.0. The first-order valence-corrected chi connectivity index (χ1v) is 9.31. The Kier molecular flexibility index (Phi) is 5.64. The highest BCUT2D eigenvalue weighted by Crippen LogP contribution is 2.34. The third-order valence-corrected chi connectivity index (χ3v) is 4.38. The molecule has 0 saturated heterocycles. The Morgan fingerprint density at radius 3 is 2.54 bits per heavy atom. The number of carbonyl (C=O) groups is 1. The number of carbonyl (C=O) groups excluding carboxylic acids is 1. The number of ether oxygens (including phenoxy) is 2. The Labute approximate surface area is 170 Å². The van der Waals surface area contributed by atoms with E-state index in [1.165, 1.54) is 24.1 Å². The van der Waals surface area contributed by atoms with Gasteiger partial charge in [-0.2, -0.15) is 5.01 Å². The van der Waals surface area contributed by atoms with Crippen LogP contribution in [0, 0.1) is 10.1 Å². The molecule has 1 heterocycles. The second-order valence-corrected chi connectivity index (χ2v) is 7.31. The highest BCUT2D eigenvalue weighted by atomic mass is 79.9. The quantitative estimate of drug-likeness (QED) is 0.500. The third-order valence-electron chi connectivity index (χ3n) is 3.89.